The fourth-order valence-corrected chi connectivity index (χ4v) is 2.29. The molecule has 0 aliphatic carbocycles. The summed E-state index contributed by atoms with van der Waals surface area (Å²) in [5, 5.41) is 5.02. The van der Waals surface area contributed by atoms with Gasteiger partial charge in [0.05, 0.1) is 0 Å². The minimum atomic E-state index is -1.68. The third-order valence-electron chi connectivity index (χ3n) is 1.13. The van der Waals surface area contributed by atoms with Gasteiger partial charge in [-0.15, -0.1) is 11.4 Å². The summed E-state index contributed by atoms with van der Waals surface area (Å²) < 4.78 is -0.705. The Morgan fingerprint density at radius 2 is 2.06 bits per heavy atom. The number of halogens is 3. The largest absolute Gasteiger partial charge is 0.445 e. The molecule has 18 heavy (non-hydrogen) atoms. The molecule has 0 spiro atoms. The summed E-state index contributed by atoms with van der Waals surface area (Å²) in [5.41, 5.74) is 4.89. The zero-order valence-corrected chi connectivity index (χ0v) is 13.2. The van der Waals surface area contributed by atoms with E-state index >= 15 is 0 Å². The van der Waals surface area contributed by atoms with Crippen molar-refractivity contribution in [3.05, 3.63) is 0 Å². The molecule has 104 valence electrons. The molecule has 0 aromatic rings. The smallest absolute Gasteiger partial charge is 0.366 e. The zero-order valence-electron chi connectivity index (χ0n) is 9.26. The van der Waals surface area contributed by atoms with Crippen LogP contribution in [0.4, 0.5) is 4.79 Å². The van der Waals surface area contributed by atoms with Gasteiger partial charge in [0, 0.05) is 24.4 Å². The average Bonchev–Trinajstić information content (AvgIpc) is 2.20. The van der Waals surface area contributed by atoms with Crippen molar-refractivity contribution in [1.82, 2.24) is 4.31 Å². The van der Waals surface area contributed by atoms with Crippen LogP contribution in [-0.4, -0.2) is 36.9 Å². The van der Waals surface area contributed by atoms with Crippen LogP contribution in [0.3, 0.4) is 0 Å². The molecular formula is C7H10Cl3N3O3S2. The molecule has 0 fully saturated rings. The lowest BCUT2D eigenvalue weighted by molar-refractivity contribution is -0.111. The van der Waals surface area contributed by atoms with Crippen LogP contribution >= 0.6 is 58.1 Å². The Morgan fingerprint density at radius 3 is 2.50 bits per heavy atom. The summed E-state index contributed by atoms with van der Waals surface area (Å²) in [7, 11) is 1.35. The number of hydrogen-bond donors (Lipinski definition) is 2. The summed E-state index contributed by atoms with van der Waals surface area (Å²) in [6.45, 7) is 1.55. The molecule has 0 aliphatic heterocycles. The molecule has 0 saturated heterocycles. The lowest BCUT2D eigenvalue weighted by atomic mass is 10.8. The van der Waals surface area contributed by atoms with Crippen LogP contribution in [-0.2, 0) is 9.63 Å². The van der Waals surface area contributed by atoms with Crippen molar-refractivity contribution >= 4 is 80.5 Å². The number of amides is 2. The maximum Gasteiger partial charge on any atom is 0.445 e. The summed E-state index contributed by atoms with van der Waals surface area (Å²) in [4.78, 5) is 26.3. The molecule has 11 heteroatoms. The summed E-state index contributed by atoms with van der Waals surface area (Å²) >= 11 is 17.5. The van der Waals surface area contributed by atoms with Gasteiger partial charge in [0.15, 0.2) is 0 Å². The molecule has 2 N–H and O–H groups in total. The quantitative estimate of drug-likeness (QED) is 0.119. The molecule has 0 atom stereocenters. The Balaban J connectivity index is 4.32. The van der Waals surface area contributed by atoms with Crippen molar-refractivity contribution in [3.8, 4) is 0 Å². The maximum absolute atomic E-state index is 11.4. The molecular weight excluding hydrogens is 345 g/mol. The van der Waals surface area contributed by atoms with Crippen LogP contribution in [0.15, 0.2) is 5.16 Å². The van der Waals surface area contributed by atoms with Crippen LogP contribution in [0.2, 0.25) is 0 Å². The van der Waals surface area contributed by atoms with Crippen LogP contribution < -0.4 is 5.73 Å². The van der Waals surface area contributed by atoms with Gasteiger partial charge in [-0.1, -0.05) is 40.0 Å². The van der Waals surface area contributed by atoms with E-state index in [9.17, 15) is 9.59 Å². The van der Waals surface area contributed by atoms with Crippen molar-refractivity contribution < 1.29 is 14.4 Å². The van der Waals surface area contributed by atoms with Gasteiger partial charge in [-0.25, -0.2) is 9.10 Å². The molecule has 0 aliphatic rings. The highest BCUT2D eigenvalue weighted by Crippen LogP contribution is 2.40. The highest BCUT2D eigenvalue weighted by atomic mass is 35.6. The van der Waals surface area contributed by atoms with E-state index in [1.165, 1.54) is 12.4 Å². The highest BCUT2D eigenvalue weighted by molar-refractivity contribution is 8.12. The van der Waals surface area contributed by atoms with Gasteiger partial charge in [-0.2, -0.15) is 0 Å². The first-order valence-corrected chi connectivity index (χ1v) is 7.07. The minimum absolute atomic E-state index is 0.370. The number of primary amides is 1. The lowest BCUT2D eigenvalue weighted by Crippen LogP contribution is -2.22. The topological polar surface area (TPSA) is 85.0 Å². The number of nitrogens with zero attached hydrogens (tertiary/aromatic N) is 2. The summed E-state index contributed by atoms with van der Waals surface area (Å²) in [5.74, 6) is -0.596. The summed E-state index contributed by atoms with van der Waals surface area (Å²) in [6, 6.07) is 0. The van der Waals surface area contributed by atoms with E-state index in [1.54, 1.807) is 6.92 Å². The molecule has 0 radical (unpaired) electrons. The van der Waals surface area contributed by atoms with Crippen LogP contribution in [0, 0.1) is 0 Å². The number of thiol groups is 1. The Labute approximate surface area is 127 Å². The Morgan fingerprint density at radius 1 is 1.50 bits per heavy atom. The molecule has 0 rings (SSSR count). The standard InChI is InChI=1S/C7H10Cl3N3O3S2/c1-4(17-3-5(11)14)12-16-6(15)13(2)18-7(8,9)10/h3,17H,1-2H3,(H2,11,14). The van der Waals surface area contributed by atoms with Gasteiger partial charge in [0.2, 0.25) is 5.91 Å². The number of oxime groups is 1. The number of carbonyl (C=O) groups excluding carboxylic acids is 2. The molecule has 0 heterocycles. The average molecular weight is 355 g/mol. The van der Waals surface area contributed by atoms with Gasteiger partial charge < -0.3 is 5.73 Å². The van der Waals surface area contributed by atoms with E-state index in [0.29, 0.717) is 28.3 Å². The third kappa shape index (κ3) is 9.84. The zero-order chi connectivity index (χ0) is 14.3. The lowest BCUT2D eigenvalue weighted by Gasteiger charge is -2.17. The van der Waals surface area contributed by atoms with Crippen LogP contribution in [0.25, 0.3) is 0 Å². The molecule has 0 unspecified atom stereocenters. The number of nitrogens with two attached hydrogens (primary N) is 1. The normalized spacial score (nSPS) is 13.1. The van der Waals surface area contributed by atoms with E-state index in [4.69, 9.17) is 40.5 Å². The number of alkyl halides is 3. The van der Waals surface area contributed by atoms with Crippen LogP contribution in [0.1, 0.15) is 6.92 Å². The molecule has 0 saturated carbocycles. The van der Waals surface area contributed by atoms with E-state index in [0.717, 1.165) is 4.31 Å². The van der Waals surface area contributed by atoms with Crippen molar-refractivity contribution in [2.24, 2.45) is 10.9 Å². The van der Waals surface area contributed by atoms with Crippen LogP contribution in [0.5, 0.6) is 0 Å². The molecule has 0 bridgehead atoms. The summed E-state index contributed by atoms with van der Waals surface area (Å²) in [6.07, 6.45) is -0.819. The second-order valence-corrected chi connectivity index (χ2v) is 8.15. The molecule has 0 aromatic carbocycles. The van der Waals surface area contributed by atoms with Crippen molar-refractivity contribution in [3.63, 3.8) is 0 Å². The fraction of sp³-hybridized carbons (Fsp3) is 0.429. The predicted octanol–water partition coefficient (Wildman–Crippen LogP) is 2.12. The first kappa shape index (κ1) is 17.8. The Bertz CT molecular complexity index is 384. The van der Waals surface area contributed by atoms with Gasteiger partial charge in [-0.3, -0.25) is 9.63 Å². The minimum Gasteiger partial charge on any atom is -0.366 e. The first-order chi connectivity index (χ1) is 8.11. The molecule has 0 aromatic heterocycles. The monoisotopic (exact) mass is 353 g/mol. The fourth-order valence-electron chi connectivity index (χ4n) is 0.536. The van der Waals surface area contributed by atoms with Gasteiger partial charge >= 0.3 is 6.09 Å². The highest BCUT2D eigenvalue weighted by Gasteiger charge is 2.27. The number of hydrogen-bond acceptors (Lipinski definition) is 5. The molecule has 2 amide bonds. The van der Waals surface area contributed by atoms with E-state index in [-0.39, 0.29) is 0 Å². The van der Waals surface area contributed by atoms with Crippen molar-refractivity contribution in [1.29, 1.82) is 0 Å². The van der Waals surface area contributed by atoms with E-state index in [2.05, 4.69) is 9.99 Å². The number of carbonyl (C=O) groups is 2. The van der Waals surface area contributed by atoms with Crippen molar-refractivity contribution in [2.75, 3.05) is 7.05 Å². The molecule has 6 nitrogen and oxygen atoms in total. The van der Waals surface area contributed by atoms with Crippen molar-refractivity contribution in [2.45, 2.75) is 10.0 Å². The first-order valence-electron chi connectivity index (χ1n) is 4.20. The Kier molecular flexibility index (Phi) is 8.04. The third-order valence-corrected chi connectivity index (χ3v) is 3.22. The van der Waals surface area contributed by atoms with E-state index in [1.807, 2.05) is 0 Å². The van der Waals surface area contributed by atoms with E-state index < -0.39 is 15.1 Å². The number of rotatable bonds is 3. The van der Waals surface area contributed by atoms with Gasteiger partial charge in [0.1, 0.15) is 5.04 Å². The second-order valence-electron chi connectivity index (χ2n) is 2.69. The second kappa shape index (κ2) is 8.11. The Hall–Kier alpha value is -0.150. The van der Waals surface area contributed by atoms with Gasteiger partial charge in [0.25, 0.3) is 3.12 Å². The SMILES string of the molecule is CC(=NOC(=O)N(C)SC(Cl)(Cl)Cl)[SH]=CC(N)=O. The van der Waals surface area contributed by atoms with Gasteiger partial charge in [-0.05, 0) is 6.92 Å². The predicted molar refractivity (Wildman–Crippen MR) is 79.5 cm³/mol. The maximum atomic E-state index is 11.4.